The molecule has 1 aliphatic carbocycles. The third kappa shape index (κ3) is 4.57. The first-order valence-electron chi connectivity index (χ1n) is 8.69. The molecule has 1 aromatic carbocycles. The third-order valence-electron chi connectivity index (χ3n) is 4.88. The van der Waals surface area contributed by atoms with Crippen molar-refractivity contribution in [2.24, 2.45) is 4.99 Å². The van der Waals surface area contributed by atoms with Crippen LogP contribution in [0.3, 0.4) is 0 Å². The Morgan fingerprint density at radius 3 is 2.72 bits per heavy atom. The standard InChI is InChI=1S/C18H25ClN4O2/c1-20-17(21-14-6-8-23(9-7-14)18(24)25-2)22-16-11-15(16)12-4-3-5-13(19)10-12/h3-5,10,14-16H,6-9,11H2,1-2H3,(H2,20,21,22). The highest BCUT2D eigenvalue weighted by Crippen LogP contribution is 2.41. The minimum Gasteiger partial charge on any atom is -0.453 e. The fraction of sp³-hybridized carbons (Fsp3) is 0.556. The number of amides is 1. The highest BCUT2D eigenvalue weighted by atomic mass is 35.5. The average molecular weight is 365 g/mol. The van der Waals surface area contributed by atoms with Gasteiger partial charge in [-0.1, -0.05) is 23.7 Å². The van der Waals surface area contributed by atoms with E-state index in [9.17, 15) is 4.79 Å². The predicted molar refractivity (Wildman–Crippen MR) is 99.2 cm³/mol. The van der Waals surface area contributed by atoms with E-state index in [1.54, 1.807) is 11.9 Å². The van der Waals surface area contributed by atoms with Gasteiger partial charge in [-0.15, -0.1) is 0 Å². The van der Waals surface area contributed by atoms with E-state index in [0.717, 1.165) is 30.2 Å². The van der Waals surface area contributed by atoms with E-state index in [4.69, 9.17) is 16.3 Å². The van der Waals surface area contributed by atoms with Gasteiger partial charge in [0.1, 0.15) is 0 Å². The molecule has 1 saturated carbocycles. The van der Waals surface area contributed by atoms with Crippen molar-refractivity contribution >= 4 is 23.7 Å². The number of methoxy groups -OCH3 is 1. The summed E-state index contributed by atoms with van der Waals surface area (Å²) in [7, 11) is 3.21. The van der Waals surface area contributed by atoms with Crippen LogP contribution in [0, 0.1) is 0 Å². The van der Waals surface area contributed by atoms with E-state index in [1.165, 1.54) is 12.7 Å². The zero-order chi connectivity index (χ0) is 17.8. The number of rotatable bonds is 3. The van der Waals surface area contributed by atoms with Crippen LogP contribution in [0.25, 0.3) is 0 Å². The van der Waals surface area contributed by atoms with Crippen LogP contribution in [0.4, 0.5) is 4.79 Å². The summed E-state index contributed by atoms with van der Waals surface area (Å²) in [4.78, 5) is 17.6. The molecule has 136 valence electrons. The van der Waals surface area contributed by atoms with Gasteiger partial charge in [0.15, 0.2) is 5.96 Å². The van der Waals surface area contributed by atoms with Gasteiger partial charge in [-0.3, -0.25) is 4.99 Å². The second kappa shape index (κ2) is 7.95. The van der Waals surface area contributed by atoms with Crippen LogP contribution in [0.5, 0.6) is 0 Å². The molecule has 0 bridgehead atoms. The normalized spacial score (nSPS) is 24.0. The molecule has 1 aromatic rings. The maximum Gasteiger partial charge on any atom is 0.409 e. The number of hydrogen-bond donors (Lipinski definition) is 2. The second-order valence-corrected chi connectivity index (χ2v) is 7.03. The van der Waals surface area contributed by atoms with Crippen LogP contribution in [-0.4, -0.2) is 56.3 Å². The van der Waals surface area contributed by atoms with E-state index < -0.39 is 0 Å². The molecular weight excluding hydrogens is 340 g/mol. The fourth-order valence-corrected chi connectivity index (χ4v) is 3.53. The van der Waals surface area contributed by atoms with Crippen molar-refractivity contribution in [1.29, 1.82) is 0 Å². The molecule has 7 heteroatoms. The largest absolute Gasteiger partial charge is 0.453 e. The molecule has 25 heavy (non-hydrogen) atoms. The lowest BCUT2D eigenvalue weighted by Crippen LogP contribution is -2.50. The van der Waals surface area contributed by atoms with Gasteiger partial charge < -0.3 is 20.3 Å². The summed E-state index contributed by atoms with van der Waals surface area (Å²) < 4.78 is 4.77. The van der Waals surface area contributed by atoms with Crippen molar-refractivity contribution in [3.8, 4) is 0 Å². The highest BCUT2D eigenvalue weighted by Gasteiger charge is 2.39. The van der Waals surface area contributed by atoms with Crippen LogP contribution >= 0.6 is 11.6 Å². The number of nitrogens with one attached hydrogen (secondary N) is 2. The minimum absolute atomic E-state index is 0.247. The Labute approximate surface area is 153 Å². The van der Waals surface area contributed by atoms with E-state index in [2.05, 4.69) is 21.7 Å². The summed E-state index contributed by atoms with van der Waals surface area (Å²) in [6.45, 7) is 1.41. The van der Waals surface area contributed by atoms with Crippen LogP contribution in [0.2, 0.25) is 5.02 Å². The Morgan fingerprint density at radius 2 is 2.08 bits per heavy atom. The Balaban J connectivity index is 1.46. The van der Waals surface area contributed by atoms with E-state index >= 15 is 0 Å². The van der Waals surface area contributed by atoms with Gasteiger partial charge in [0.2, 0.25) is 0 Å². The molecule has 0 aromatic heterocycles. The molecule has 1 saturated heterocycles. The molecule has 0 spiro atoms. The number of hydrogen-bond acceptors (Lipinski definition) is 3. The lowest BCUT2D eigenvalue weighted by atomic mass is 10.1. The SMILES string of the molecule is CN=C(NC1CCN(C(=O)OC)CC1)NC1CC1c1cccc(Cl)c1. The highest BCUT2D eigenvalue weighted by molar-refractivity contribution is 6.30. The first kappa shape index (κ1) is 17.9. The van der Waals surface area contributed by atoms with Gasteiger partial charge in [-0.2, -0.15) is 0 Å². The van der Waals surface area contributed by atoms with Crippen LogP contribution < -0.4 is 10.6 Å². The lowest BCUT2D eigenvalue weighted by Gasteiger charge is -2.32. The Hall–Kier alpha value is -1.95. The summed E-state index contributed by atoms with van der Waals surface area (Å²) in [5.41, 5.74) is 1.27. The molecule has 1 amide bonds. The molecule has 2 unspecified atom stereocenters. The smallest absolute Gasteiger partial charge is 0.409 e. The maximum absolute atomic E-state index is 11.5. The molecule has 2 fully saturated rings. The molecule has 3 rings (SSSR count). The average Bonchev–Trinajstić information content (AvgIpc) is 3.40. The molecular formula is C18H25ClN4O2. The number of guanidine groups is 1. The maximum atomic E-state index is 11.5. The summed E-state index contributed by atoms with van der Waals surface area (Å²) >= 11 is 6.08. The number of ether oxygens (including phenoxy) is 1. The first-order valence-corrected chi connectivity index (χ1v) is 9.06. The molecule has 1 aliphatic heterocycles. The van der Waals surface area contributed by atoms with Crippen molar-refractivity contribution in [2.75, 3.05) is 27.2 Å². The summed E-state index contributed by atoms with van der Waals surface area (Å²) in [5, 5.41) is 7.74. The topological polar surface area (TPSA) is 66.0 Å². The van der Waals surface area contributed by atoms with Crippen LogP contribution in [-0.2, 0) is 4.74 Å². The second-order valence-electron chi connectivity index (χ2n) is 6.60. The Morgan fingerprint density at radius 1 is 1.32 bits per heavy atom. The number of likely N-dealkylation sites (tertiary alicyclic amines) is 1. The molecule has 2 N–H and O–H groups in total. The molecule has 6 nitrogen and oxygen atoms in total. The van der Waals surface area contributed by atoms with Crippen molar-refractivity contribution in [2.45, 2.75) is 37.3 Å². The number of piperidine rings is 1. The number of nitrogens with zero attached hydrogens (tertiary/aromatic N) is 2. The monoisotopic (exact) mass is 364 g/mol. The number of benzene rings is 1. The first-order chi connectivity index (χ1) is 12.1. The minimum atomic E-state index is -0.247. The Bertz CT molecular complexity index is 644. The van der Waals surface area contributed by atoms with E-state index in [1.807, 2.05) is 18.2 Å². The quantitative estimate of drug-likeness (QED) is 0.639. The molecule has 2 atom stereocenters. The van der Waals surface area contributed by atoms with Gasteiger partial charge in [0.05, 0.1) is 7.11 Å². The number of aliphatic imine (C=N–C) groups is 1. The van der Waals surface area contributed by atoms with Crippen LogP contribution in [0.1, 0.15) is 30.7 Å². The van der Waals surface area contributed by atoms with Gasteiger partial charge in [-0.05, 0) is 37.0 Å². The zero-order valence-corrected chi connectivity index (χ0v) is 15.4. The number of carbonyl (C=O) groups is 1. The van der Waals surface area contributed by atoms with Gasteiger partial charge >= 0.3 is 6.09 Å². The zero-order valence-electron chi connectivity index (χ0n) is 14.7. The Kier molecular flexibility index (Phi) is 5.68. The molecule has 0 radical (unpaired) electrons. The third-order valence-corrected chi connectivity index (χ3v) is 5.12. The number of halogens is 1. The van der Waals surface area contributed by atoms with Gasteiger partial charge in [0.25, 0.3) is 0 Å². The molecule has 2 aliphatic rings. The van der Waals surface area contributed by atoms with Gasteiger partial charge in [-0.25, -0.2) is 4.79 Å². The summed E-state index contributed by atoms with van der Waals surface area (Å²) in [6.07, 6.45) is 2.61. The molecule has 1 heterocycles. The van der Waals surface area contributed by atoms with Crippen molar-refractivity contribution in [1.82, 2.24) is 15.5 Å². The summed E-state index contributed by atoms with van der Waals surface area (Å²) in [5.74, 6) is 1.31. The number of carbonyl (C=O) groups excluding carboxylic acids is 1. The lowest BCUT2D eigenvalue weighted by molar-refractivity contribution is 0.111. The van der Waals surface area contributed by atoms with Crippen molar-refractivity contribution < 1.29 is 9.53 Å². The fourth-order valence-electron chi connectivity index (χ4n) is 3.34. The predicted octanol–water partition coefficient (Wildman–Crippen LogP) is 2.59. The van der Waals surface area contributed by atoms with Crippen molar-refractivity contribution in [3.05, 3.63) is 34.9 Å². The van der Waals surface area contributed by atoms with Crippen LogP contribution in [0.15, 0.2) is 29.3 Å². The van der Waals surface area contributed by atoms with Crippen molar-refractivity contribution in [3.63, 3.8) is 0 Å². The summed E-state index contributed by atoms with van der Waals surface area (Å²) in [6, 6.07) is 8.76. The van der Waals surface area contributed by atoms with Gasteiger partial charge in [0, 0.05) is 43.2 Å². The van der Waals surface area contributed by atoms with E-state index in [-0.39, 0.29) is 6.09 Å². The van der Waals surface area contributed by atoms with E-state index in [0.29, 0.717) is 31.1 Å².